The molecule has 0 fully saturated rings. The molecule has 0 bridgehead atoms. The second kappa shape index (κ2) is 6.89. The van der Waals surface area contributed by atoms with Gasteiger partial charge in [-0.05, 0) is 41.4 Å². The number of nitrogens with one attached hydrogen (secondary N) is 1. The molecule has 0 aromatic heterocycles. The minimum Gasteiger partial charge on any atom is -0.382 e. The Balaban J connectivity index is 2.37. The Morgan fingerprint density at radius 1 is 1.27 bits per heavy atom. The molecule has 1 N–H and O–H groups in total. The smallest absolute Gasteiger partial charge is 0.0486 e. The van der Waals surface area contributed by atoms with Gasteiger partial charge in [-0.2, -0.15) is 0 Å². The number of halogens is 1. The third kappa shape index (κ3) is 4.70. The molecule has 0 aliphatic carbocycles. The number of para-hydroxylation sites is 1. The fraction of sp³-hybridized carbons (Fsp3) is 0.538. The highest BCUT2D eigenvalue weighted by atomic mass is 79.9. The molecule has 0 spiro atoms. The van der Waals surface area contributed by atoms with Crippen LogP contribution in [0.2, 0.25) is 0 Å². The second-order valence-corrected chi connectivity index (χ2v) is 4.88. The molecule has 1 aromatic carbocycles. The summed E-state index contributed by atoms with van der Waals surface area (Å²) in [4.78, 5) is 0. The van der Waals surface area contributed by atoms with Crippen LogP contribution in [0.15, 0.2) is 28.7 Å². The van der Waals surface area contributed by atoms with Gasteiger partial charge in [0.15, 0.2) is 0 Å². The average Bonchev–Trinajstić information content (AvgIpc) is 2.22. The van der Waals surface area contributed by atoms with Crippen LogP contribution in [0.4, 0.5) is 5.69 Å². The Kier molecular flexibility index (Phi) is 5.77. The van der Waals surface area contributed by atoms with E-state index >= 15 is 0 Å². The van der Waals surface area contributed by atoms with Gasteiger partial charge < -0.3 is 5.32 Å². The lowest BCUT2D eigenvalue weighted by Gasteiger charge is -2.16. The van der Waals surface area contributed by atoms with Crippen molar-refractivity contribution >= 4 is 21.6 Å². The van der Waals surface area contributed by atoms with Gasteiger partial charge in [-0.15, -0.1) is 0 Å². The predicted molar refractivity (Wildman–Crippen MR) is 71.4 cm³/mol. The number of anilines is 1. The molecule has 1 aromatic rings. The van der Waals surface area contributed by atoms with Crippen LogP contribution in [-0.2, 0) is 0 Å². The number of hydrogen-bond acceptors (Lipinski definition) is 1. The maximum Gasteiger partial charge on any atom is 0.0486 e. The summed E-state index contributed by atoms with van der Waals surface area (Å²) in [5, 5.41) is 3.52. The van der Waals surface area contributed by atoms with Crippen molar-refractivity contribution in [2.45, 2.75) is 45.6 Å². The molecule has 0 radical (unpaired) electrons. The molecule has 15 heavy (non-hydrogen) atoms. The third-order valence-electron chi connectivity index (χ3n) is 2.52. The Labute approximate surface area is 101 Å². The van der Waals surface area contributed by atoms with E-state index in [0.29, 0.717) is 6.04 Å². The third-order valence-corrected chi connectivity index (χ3v) is 3.21. The van der Waals surface area contributed by atoms with Crippen LogP contribution in [0.3, 0.4) is 0 Å². The van der Waals surface area contributed by atoms with Gasteiger partial charge in [0.2, 0.25) is 0 Å². The van der Waals surface area contributed by atoms with E-state index in [1.807, 2.05) is 6.07 Å². The van der Waals surface area contributed by atoms with Crippen molar-refractivity contribution in [3.05, 3.63) is 28.7 Å². The van der Waals surface area contributed by atoms with Gasteiger partial charge in [-0.1, -0.05) is 38.3 Å². The van der Waals surface area contributed by atoms with Crippen molar-refractivity contribution in [1.82, 2.24) is 0 Å². The van der Waals surface area contributed by atoms with Crippen molar-refractivity contribution in [3.63, 3.8) is 0 Å². The molecule has 1 rings (SSSR count). The quantitative estimate of drug-likeness (QED) is 0.730. The standard InChI is InChI=1S/C13H20BrN/c1-3-4-5-8-11(2)15-13-10-7-6-9-12(13)14/h6-7,9-11,15H,3-5,8H2,1-2H3. The first-order chi connectivity index (χ1) is 7.24. The van der Waals surface area contributed by atoms with E-state index < -0.39 is 0 Å². The first-order valence-electron chi connectivity index (χ1n) is 5.75. The summed E-state index contributed by atoms with van der Waals surface area (Å²) in [6.45, 7) is 4.49. The number of unbranched alkanes of at least 4 members (excludes halogenated alkanes) is 2. The van der Waals surface area contributed by atoms with E-state index in [4.69, 9.17) is 0 Å². The monoisotopic (exact) mass is 269 g/mol. The van der Waals surface area contributed by atoms with Crippen molar-refractivity contribution in [2.75, 3.05) is 5.32 Å². The van der Waals surface area contributed by atoms with E-state index in [-0.39, 0.29) is 0 Å². The van der Waals surface area contributed by atoms with Gasteiger partial charge in [0, 0.05) is 16.2 Å². The van der Waals surface area contributed by atoms with Crippen LogP contribution in [-0.4, -0.2) is 6.04 Å². The molecule has 84 valence electrons. The summed E-state index contributed by atoms with van der Waals surface area (Å²) in [5.41, 5.74) is 1.20. The summed E-state index contributed by atoms with van der Waals surface area (Å²) in [6, 6.07) is 8.83. The van der Waals surface area contributed by atoms with E-state index in [0.717, 1.165) is 4.47 Å². The number of hydrogen-bond donors (Lipinski definition) is 1. The molecule has 0 amide bonds. The normalized spacial score (nSPS) is 12.5. The summed E-state index contributed by atoms with van der Waals surface area (Å²) in [6.07, 6.45) is 5.19. The fourth-order valence-corrected chi connectivity index (χ4v) is 2.02. The largest absolute Gasteiger partial charge is 0.382 e. The van der Waals surface area contributed by atoms with E-state index in [1.54, 1.807) is 0 Å². The lowest BCUT2D eigenvalue weighted by atomic mass is 10.1. The molecule has 0 aliphatic rings. The lowest BCUT2D eigenvalue weighted by Crippen LogP contribution is -2.15. The maximum atomic E-state index is 3.54. The Bertz CT molecular complexity index is 286. The summed E-state index contributed by atoms with van der Waals surface area (Å²) in [7, 11) is 0. The first-order valence-corrected chi connectivity index (χ1v) is 6.54. The van der Waals surface area contributed by atoms with E-state index in [2.05, 4.69) is 53.3 Å². The predicted octanol–water partition coefficient (Wildman–Crippen LogP) is 4.83. The Hall–Kier alpha value is -0.500. The van der Waals surface area contributed by atoms with Gasteiger partial charge in [0.25, 0.3) is 0 Å². The zero-order chi connectivity index (χ0) is 11.1. The van der Waals surface area contributed by atoms with Crippen LogP contribution >= 0.6 is 15.9 Å². The van der Waals surface area contributed by atoms with E-state index in [1.165, 1.54) is 31.4 Å². The zero-order valence-electron chi connectivity index (χ0n) is 9.59. The summed E-state index contributed by atoms with van der Waals surface area (Å²) < 4.78 is 1.15. The molecule has 2 heteroatoms. The van der Waals surface area contributed by atoms with Crippen LogP contribution in [0.25, 0.3) is 0 Å². The topological polar surface area (TPSA) is 12.0 Å². The SMILES string of the molecule is CCCCCC(C)Nc1ccccc1Br. The van der Waals surface area contributed by atoms with E-state index in [9.17, 15) is 0 Å². The van der Waals surface area contributed by atoms with Gasteiger partial charge in [0.1, 0.15) is 0 Å². The molecule has 0 saturated heterocycles. The molecular formula is C13H20BrN. The lowest BCUT2D eigenvalue weighted by molar-refractivity contribution is 0.615. The maximum absolute atomic E-state index is 3.54. The minimum atomic E-state index is 0.551. The molecule has 0 aliphatic heterocycles. The Morgan fingerprint density at radius 2 is 2.00 bits per heavy atom. The molecule has 1 atom stereocenters. The van der Waals surface area contributed by atoms with Gasteiger partial charge >= 0.3 is 0 Å². The zero-order valence-corrected chi connectivity index (χ0v) is 11.2. The minimum absolute atomic E-state index is 0.551. The van der Waals surface area contributed by atoms with Gasteiger partial charge in [-0.25, -0.2) is 0 Å². The fourth-order valence-electron chi connectivity index (χ4n) is 1.62. The molecule has 0 saturated carbocycles. The Morgan fingerprint density at radius 3 is 2.67 bits per heavy atom. The van der Waals surface area contributed by atoms with Gasteiger partial charge in [0.05, 0.1) is 0 Å². The van der Waals surface area contributed by atoms with Crippen molar-refractivity contribution in [2.24, 2.45) is 0 Å². The van der Waals surface area contributed by atoms with Crippen molar-refractivity contribution < 1.29 is 0 Å². The number of rotatable bonds is 6. The highest BCUT2D eigenvalue weighted by Gasteiger charge is 2.03. The first kappa shape index (κ1) is 12.6. The average molecular weight is 270 g/mol. The summed E-state index contributed by atoms with van der Waals surface area (Å²) >= 11 is 3.54. The molecule has 1 unspecified atom stereocenters. The van der Waals surface area contributed by atoms with Crippen LogP contribution in [0.1, 0.15) is 39.5 Å². The number of benzene rings is 1. The molecular weight excluding hydrogens is 250 g/mol. The van der Waals surface area contributed by atoms with Crippen LogP contribution in [0, 0.1) is 0 Å². The van der Waals surface area contributed by atoms with Crippen molar-refractivity contribution in [3.8, 4) is 0 Å². The van der Waals surface area contributed by atoms with Crippen LogP contribution < -0.4 is 5.32 Å². The van der Waals surface area contributed by atoms with Crippen molar-refractivity contribution in [1.29, 1.82) is 0 Å². The second-order valence-electron chi connectivity index (χ2n) is 4.02. The van der Waals surface area contributed by atoms with Crippen LogP contribution in [0.5, 0.6) is 0 Å². The van der Waals surface area contributed by atoms with Gasteiger partial charge in [-0.3, -0.25) is 0 Å². The molecule has 0 heterocycles. The highest BCUT2D eigenvalue weighted by Crippen LogP contribution is 2.22. The highest BCUT2D eigenvalue weighted by molar-refractivity contribution is 9.10. The molecule has 1 nitrogen and oxygen atoms in total. The summed E-state index contributed by atoms with van der Waals surface area (Å²) in [5.74, 6) is 0.